The number of epoxide rings is 1. The van der Waals surface area contributed by atoms with E-state index in [-0.39, 0.29) is 30.0 Å². The van der Waals surface area contributed by atoms with Crippen molar-refractivity contribution in [3.8, 4) is 5.75 Å². The molecule has 182 valence electrons. The van der Waals surface area contributed by atoms with Crippen molar-refractivity contribution in [2.75, 3.05) is 20.2 Å². The minimum atomic E-state index is -1.07. The van der Waals surface area contributed by atoms with Crippen LogP contribution in [0.15, 0.2) is 42.6 Å². The molecule has 2 aliphatic rings. The van der Waals surface area contributed by atoms with E-state index in [2.05, 4.69) is 4.90 Å². The summed E-state index contributed by atoms with van der Waals surface area (Å²) in [5, 5.41) is 0.593. The lowest BCUT2D eigenvalue weighted by Gasteiger charge is -2.31. The van der Waals surface area contributed by atoms with Crippen LogP contribution in [0.3, 0.4) is 0 Å². The summed E-state index contributed by atoms with van der Waals surface area (Å²) in [6.07, 6.45) is 4.34. The molecule has 7 nitrogen and oxygen atoms in total. The third-order valence-corrected chi connectivity index (χ3v) is 7.14. The van der Waals surface area contributed by atoms with E-state index in [1.165, 1.54) is 12.1 Å². The number of aldehydes is 1. The minimum absolute atomic E-state index is 0.0470. The number of ether oxygens (including phenoxy) is 2. The molecule has 2 atom stereocenters. The van der Waals surface area contributed by atoms with Crippen molar-refractivity contribution in [3.05, 3.63) is 65.1 Å². The number of ketones is 2. The Morgan fingerprint density at radius 1 is 1.17 bits per heavy atom. The summed E-state index contributed by atoms with van der Waals surface area (Å²) in [6.45, 7) is 1.81. The number of nitrogens with zero attached hydrogens (tertiary/aromatic N) is 2. The molecule has 35 heavy (non-hydrogen) atoms. The average Bonchev–Trinajstić information content (AvgIpc) is 3.61. The van der Waals surface area contributed by atoms with Gasteiger partial charge in [-0.1, -0.05) is 12.1 Å². The van der Waals surface area contributed by atoms with Crippen LogP contribution >= 0.6 is 0 Å². The molecular formula is C27H27FN2O5. The molecule has 0 amide bonds. The Bertz CT molecular complexity index is 1290. The predicted octanol–water partition coefficient (Wildman–Crippen LogP) is 3.63. The Morgan fingerprint density at radius 3 is 2.54 bits per heavy atom. The number of hydrogen-bond donors (Lipinski definition) is 0. The first kappa shape index (κ1) is 23.4. The van der Waals surface area contributed by atoms with Gasteiger partial charge in [0.1, 0.15) is 23.9 Å². The third-order valence-electron chi connectivity index (χ3n) is 7.14. The summed E-state index contributed by atoms with van der Waals surface area (Å²) >= 11 is 0. The summed E-state index contributed by atoms with van der Waals surface area (Å²) in [4.78, 5) is 37.4. The van der Waals surface area contributed by atoms with E-state index in [0.29, 0.717) is 17.1 Å². The van der Waals surface area contributed by atoms with E-state index in [4.69, 9.17) is 9.47 Å². The minimum Gasteiger partial charge on any atom is -0.496 e. The first-order valence-electron chi connectivity index (χ1n) is 11.7. The van der Waals surface area contributed by atoms with Crippen LogP contribution in [0.4, 0.5) is 4.39 Å². The second-order valence-corrected chi connectivity index (χ2v) is 9.33. The Hall–Kier alpha value is -3.36. The highest BCUT2D eigenvalue weighted by atomic mass is 19.1. The Kier molecular flexibility index (Phi) is 6.25. The van der Waals surface area contributed by atoms with E-state index in [1.54, 1.807) is 24.9 Å². The molecule has 0 saturated carbocycles. The fourth-order valence-electron chi connectivity index (χ4n) is 5.17. The molecule has 0 N–H and O–H groups in total. The maximum absolute atomic E-state index is 13.2. The van der Waals surface area contributed by atoms with Gasteiger partial charge in [0.2, 0.25) is 5.78 Å². The highest BCUT2D eigenvalue weighted by molar-refractivity contribution is 6.62. The van der Waals surface area contributed by atoms with Gasteiger partial charge >= 0.3 is 0 Å². The Morgan fingerprint density at radius 2 is 1.89 bits per heavy atom. The second kappa shape index (κ2) is 9.36. The Balaban J connectivity index is 1.31. The van der Waals surface area contributed by atoms with E-state index in [1.807, 2.05) is 24.3 Å². The zero-order valence-corrected chi connectivity index (χ0v) is 19.7. The quantitative estimate of drug-likeness (QED) is 0.162. The van der Waals surface area contributed by atoms with Crippen molar-refractivity contribution in [2.24, 2.45) is 13.0 Å². The van der Waals surface area contributed by atoms with Gasteiger partial charge in [0.25, 0.3) is 5.78 Å². The predicted molar refractivity (Wildman–Crippen MR) is 127 cm³/mol. The van der Waals surface area contributed by atoms with Gasteiger partial charge in [-0.25, -0.2) is 4.39 Å². The molecule has 0 radical (unpaired) electrons. The molecule has 3 aromatic rings. The zero-order chi connectivity index (χ0) is 24.7. The largest absolute Gasteiger partial charge is 0.496 e. The van der Waals surface area contributed by atoms with Crippen LogP contribution in [0.25, 0.3) is 10.9 Å². The normalized spacial score (nSPS) is 20.7. The standard InChI is InChI=1S/C27H27FN2O5/c1-29-14-21(25(33)23(32)15-31)19-12-20(24(34-2)13-22(19)29)26-27(35-26)30-9-7-17(8-10-30)11-16-3-5-18(28)6-4-16/h3-6,12-15,17,26-27H,7-11H2,1-2H3. The Labute approximate surface area is 202 Å². The molecule has 2 aromatic carbocycles. The molecule has 8 heteroatoms. The lowest BCUT2D eigenvalue weighted by atomic mass is 9.90. The molecule has 0 bridgehead atoms. The van der Waals surface area contributed by atoms with Crippen molar-refractivity contribution in [2.45, 2.75) is 31.6 Å². The van der Waals surface area contributed by atoms with Gasteiger partial charge in [-0.15, -0.1) is 0 Å². The van der Waals surface area contributed by atoms with Crippen LogP contribution in [0.2, 0.25) is 0 Å². The van der Waals surface area contributed by atoms with E-state index < -0.39 is 11.6 Å². The average molecular weight is 479 g/mol. The molecule has 2 unspecified atom stereocenters. The summed E-state index contributed by atoms with van der Waals surface area (Å²) < 4.78 is 26.6. The number of hydrogen-bond acceptors (Lipinski definition) is 6. The molecule has 0 aliphatic carbocycles. The zero-order valence-electron chi connectivity index (χ0n) is 19.7. The molecule has 3 heterocycles. The number of carbonyl (C=O) groups is 3. The second-order valence-electron chi connectivity index (χ2n) is 9.33. The van der Waals surface area contributed by atoms with Crippen molar-refractivity contribution >= 4 is 28.8 Å². The van der Waals surface area contributed by atoms with E-state index in [9.17, 15) is 18.8 Å². The summed E-state index contributed by atoms with van der Waals surface area (Å²) in [7, 11) is 3.37. The number of carbonyl (C=O) groups excluding carboxylic acids is 3. The number of methoxy groups -OCH3 is 1. The lowest BCUT2D eigenvalue weighted by molar-refractivity contribution is -0.126. The van der Waals surface area contributed by atoms with Gasteiger partial charge in [-0.05, 0) is 48.9 Å². The topological polar surface area (TPSA) is 81.1 Å². The molecule has 2 aliphatic heterocycles. The number of fused-ring (bicyclic) bond motifs is 1. The molecule has 1 aromatic heterocycles. The monoisotopic (exact) mass is 478 g/mol. The smallest absolute Gasteiger partial charge is 0.265 e. The fraction of sp³-hybridized carbons (Fsp3) is 0.370. The molecule has 5 rings (SSSR count). The van der Waals surface area contributed by atoms with Crippen molar-refractivity contribution in [1.82, 2.24) is 9.47 Å². The van der Waals surface area contributed by atoms with Gasteiger partial charge < -0.3 is 14.0 Å². The molecule has 2 saturated heterocycles. The van der Waals surface area contributed by atoms with E-state index in [0.717, 1.165) is 49.0 Å². The molecular weight excluding hydrogens is 451 g/mol. The van der Waals surface area contributed by atoms with Crippen molar-refractivity contribution < 1.29 is 28.2 Å². The van der Waals surface area contributed by atoms with Gasteiger partial charge in [-0.3, -0.25) is 19.3 Å². The number of likely N-dealkylation sites (tertiary alicyclic amines) is 1. The number of rotatable bonds is 8. The maximum atomic E-state index is 13.2. The molecule has 2 fully saturated rings. The summed E-state index contributed by atoms with van der Waals surface area (Å²) in [5.41, 5.74) is 2.90. The number of halogens is 1. The van der Waals surface area contributed by atoms with Gasteiger partial charge in [0.15, 0.2) is 6.29 Å². The SMILES string of the molecule is COc1cc2c(cc1C1OC1N1CCC(Cc3ccc(F)cc3)CC1)c(C(=O)C(=O)C=O)cn2C. The van der Waals surface area contributed by atoms with Crippen LogP contribution < -0.4 is 4.74 Å². The fourth-order valence-corrected chi connectivity index (χ4v) is 5.17. The van der Waals surface area contributed by atoms with Crippen LogP contribution in [0.1, 0.15) is 40.4 Å². The number of aromatic nitrogens is 1. The van der Waals surface area contributed by atoms with E-state index >= 15 is 0 Å². The highest BCUT2D eigenvalue weighted by Gasteiger charge is 2.47. The van der Waals surface area contributed by atoms with Crippen molar-refractivity contribution in [3.63, 3.8) is 0 Å². The number of Topliss-reactive ketones (excluding diaryl/α,β-unsaturated/α-hetero) is 2. The maximum Gasteiger partial charge on any atom is 0.265 e. The van der Waals surface area contributed by atoms with Gasteiger partial charge in [0, 0.05) is 43.4 Å². The lowest BCUT2D eigenvalue weighted by Crippen LogP contribution is -2.36. The van der Waals surface area contributed by atoms with Crippen LogP contribution in [-0.2, 0) is 27.8 Å². The van der Waals surface area contributed by atoms with Crippen LogP contribution in [0, 0.1) is 11.7 Å². The summed E-state index contributed by atoms with van der Waals surface area (Å²) in [6, 6.07) is 10.4. The molecule has 0 spiro atoms. The summed E-state index contributed by atoms with van der Waals surface area (Å²) in [5.74, 6) is -0.903. The van der Waals surface area contributed by atoms with Crippen LogP contribution in [-0.4, -0.2) is 53.7 Å². The first-order valence-corrected chi connectivity index (χ1v) is 11.7. The van der Waals surface area contributed by atoms with Gasteiger partial charge in [-0.2, -0.15) is 0 Å². The number of benzene rings is 2. The highest BCUT2D eigenvalue weighted by Crippen LogP contribution is 2.47. The van der Waals surface area contributed by atoms with Gasteiger partial charge in [0.05, 0.1) is 18.2 Å². The third kappa shape index (κ3) is 4.51. The van der Waals surface area contributed by atoms with Crippen LogP contribution in [0.5, 0.6) is 5.75 Å². The van der Waals surface area contributed by atoms with Crippen molar-refractivity contribution in [1.29, 1.82) is 0 Å². The first-order chi connectivity index (χ1) is 16.9. The number of aryl methyl sites for hydroxylation is 1. The number of piperidine rings is 1.